The van der Waals surface area contributed by atoms with E-state index in [0.717, 1.165) is 48.5 Å². The first-order valence-electron chi connectivity index (χ1n) is 11.3. The molecule has 1 saturated carbocycles. The van der Waals surface area contributed by atoms with Crippen molar-refractivity contribution in [1.82, 2.24) is 19.5 Å². The normalized spacial score (nSPS) is 21.5. The highest BCUT2D eigenvalue weighted by Gasteiger charge is 2.20. The lowest BCUT2D eigenvalue weighted by Crippen LogP contribution is -2.40. The van der Waals surface area contributed by atoms with Crippen LogP contribution in [0.1, 0.15) is 36.0 Å². The van der Waals surface area contributed by atoms with Gasteiger partial charge in [-0.15, -0.1) is 5.10 Å². The molecule has 4 N–H and O–H groups in total. The molecular weight excluding hydrogens is 406 g/mol. The average molecular weight is 436 g/mol. The molecule has 32 heavy (non-hydrogen) atoms. The summed E-state index contributed by atoms with van der Waals surface area (Å²) < 4.78 is 7.11. The van der Waals surface area contributed by atoms with Crippen molar-refractivity contribution in [3.8, 4) is 0 Å². The van der Waals surface area contributed by atoms with E-state index in [2.05, 4.69) is 20.7 Å². The van der Waals surface area contributed by atoms with Crippen LogP contribution in [0.4, 0.5) is 17.2 Å². The van der Waals surface area contributed by atoms with Gasteiger partial charge in [0, 0.05) is 54.9 Å². The SMILES string of the molecule is N[C@H]1CC[C@H](Nc2cc(Nc3ccc(C(=O)N4CCOCC4)cc3)c3nccn3n2)CC1. The van der Waals surface area contributed by atoms with E-state index in [0.29, 0.717) is 44.0 Å². The molecule has 0 spiro atoms. The standard InChI is InChI=1S/C23H29N7O2/c24-17-3-7-19(8-4-17)27-21-15-20(22-25-9-10-30(22)28-21)26-18-5-1-16(2-6-18)23(31)29-11-13-32-14-12-29/h1-2,5-6,9-10,15,17,19,26H,3-4,7-8,11-14,24H2,(H,27,28)/t17-,19-. The van der Waals surface area contributed by atoms with Crippen LogP contribution in [0.25, 0.3) is 5.65 Å². The number of morpholine rings is 1. The Bertz CT molecular complexity index is 1070. The van der Waals surface area contributed by atoms with Crippen molar-refractivity contribution in [2.24, 2.45) is 5.73 Å². The zero-order chi connectivity index (χ0) is 21.9. The summed E-state index contributed by atoms with van der Waals surface area (Å²) in [7, 11) is 0. The van der Waals surface area contributed by atoms with E-state index in [1.807, 2.05) is 41.4 Å². The van der Waals surface area contributed by atoms with Crippen molar-refractivity contribution in [3.63, 3.8) is 0 Å². The lowest BCUT2D eigenvalue weighted by Gasteiger charge is -2.27. The average Bonchev–Trinajstić information content (AvgIpc) is 3.30. The Balaban J connectivity index is 1.32. The van der Waals surface area contributed by atoms with E-state index in [9.17, 15) is 4.79 Å². The maximum Gasteiger partial charge on any atom is 0.254 e. The second kappa shape index (κ2) is 9.13. The van der Waals surface area contributed by atoms with Gasteiger partial charge in [-0.3, -0.25) is 4.79 Å². The van der Waals surface area contributed by atoms with Gasteiger partial charge in [-0.1, -0.05) is 0 Å². The Kier molecular flexibility index (Phi) is 5.91. The van der Waals surface area contributed by atoms with E-state index in [1.54, 1.807) is 10.7 Å². The van der Waals surface area contributed by atoms with Gasteiger partial charge in [0.15, 0.2) is 5.65 Å². The molecule has 0 bridgehead atoms. The predicted octanol–water partition coefficient (Wildman–Crippen LogP) is 2.63. The summed E-state index contributed by atoms with van der Waals surface area (Å²) >= 11 is 0. The zero-order valence-electron chi connectivity index (χ0n) is 18.0. The summed E-state index contributed by atoms with van der Waals surface area (Å²) in [5.41, 5.74) is 9.20. The van der Waals surface area contributed by atoms with Gasteiger partial charge in [0.2, 0.25) is 0 Å². The molecule has 168 valence electrons. The minimum Gasteiger partial charge on any atom is -0.378 e. The highest BCUT2D eigenvalue weighted by atomic mass is 16.5. The van der Waals surface area contributed by atoms with E-state index in [1.165, 1.54) is 0 Å². The number of nitrogens with zero attached hydrogens (tertiary/aromatic N) is 4. The van der Waals surface area contributed by atoms with Crippen molar-refractivity contribution < 1.29 is 9.53 Å². The Labute approximate surface area is 186 Å². The molecule has 3 heterocycles. The number of nitrogens with one attached hydrogen (secondary N) is 2. The summed E-state index contributed by atoms with van der Waals surface area (Å²) in [6, 6.07) is 10.2. The highest BCUT2D eigenvalue weighted by Crippen LogP contribution is 2.26. The number of rotatable bonds is 5. The van der Waals surface area contributed by atoms with Crippen molar-refractivity contribution in [3.05, 3.63) is 48.3 Å². The molecule has 9 heteroatoms. The van der Waals surface area contributed by atoms with Crippen LogP contribution < -0.4 is 16.4 Å². The van der Waals surface area contributed by atoms with Gasteiger partial charge in [0.1, 0.15) is 5.82 Å². The van der Waals surface area contributed by atoms with E-state index in [-0.39, 0.29) is 5.91 Å². The Hall–Kier alpha value is -3.17. The molecule has 0 unspecified atom stereocenters. The van der Waals surface area contributed by atoms with Crippen LogP contribution >= 0.6 is 0 Å². The minimum absolute atomic E-state index is 0.0399. The summed E-state index contributed by atoms with van der Waals surface area (Å²) in [4.78, 5) is 18.9. The molecule has 0 radical (unpaired) electrons. The van der Waals surface area contributed by atoms with Crippen molar-refractivity contribution in [2.45, 2.75) is 37.8 Å². The fraction of sp³-hybridized carbons (Fsp3) is 0.435. The van der Waals surface area contributed by atoms with Gasteiger partial charge in [-0.05, 0) is 49.9 Å². The number of amides is 1. The Morgan fingerprint density at radius 3 is 2.59 bits per heavy atom. The largest absolute Gasteiger partial charge is 0.378 e. The second-order valence-corrected chi connectivity index (χ2v) is 8.50. The smallest absolute Gasteiger partial charge is 0.254 e. The van der Waals surface area contributed by atoms with E-state index < -0.39 is 0 Å². The van der Waals surface area contributed by atoms with Crippen molar-refractivity contribution >= 4 is 28.7 Å². The molecule has 1 amide bonds. The summed E-state index contributed by atoms with van der Waals surface area (Å²) in [5.74, 6) is 0.843. The van der Waals surface area contributed by atoms with Crippen LogP contribution in [0.5, 0.6) is 0 Å². The van der Waals surface area contributed by atoms with E-state index >= 15 is 0 Å². The fourth-order valence-electron chi connectivity index (χ4n) is 4.35. The quantitative estimate of drug-likeness (QED) is 0.565. The number of ether oxygens (including phenoxy) is 1. The fourth-order valence-corrected chi connectivity index (χ4v) is 4.35. The first-order chi connectivity index (χ1) is 15.7. The molecule has 3 aromatic rings. The molecule has 0 atom stereocenters. The molecule has 1 saturated heterocycles. The van der Waals surface area contributed by atoms with Crippen LogP contribution in [0.15, 0.2) is 42.7 Å². The molecule has 1 aliphatic heterocycles. The number of fused-ring (bicyclic) bond motifs is 1. The van der Waals surface area contributed by atoms with Gasteiger partial charge >= 0.3 is 0 Å². The van der Waals surface area contributed by atoms with Gasteiger partial charge < -0.3 is 26.0 Å². The van der Waals surface area contributed by atoms with Crippen LogP contribution in [-0.4, -0.2) is 63.8 Å². The number of anilines is 3. The van der Waals surface area contributed by atoms with Gasteiger partial charge in [-0.25, -0.2) is 9.50 Å². The molecule has 9 nitrogen and oxygen atoms in total. The molecule has 1 aliphatic carbocycles. The highest BCUT2D eigenvalue weighted by molar-refractivity contribution is 5.94. The number of imidazole rings is 1. The molecular formula is C23H29N7O2. The number of carbonyl (C=O) groups is 1. The number of benzene rings is 1. The predicted molar refractivity (Wildman–Crippen MR) is 123 cm³/mol. The second-order valence-electron chi connectivity index (χ2n) is 8.50. The van der Waals surface area contributed by atoms with Crippen LogP contribution in [-0.2, 0) is 4.74 Å². The topological polar surface area (TPSA) is 110 Å². The lowest BCUT2D eigenvalue weighted by atomic mass is 9.92. The lowest BCUT2D eigenvalue weighted by molar-refractivity contribution is 0.0303. The third kappa shape index (κ3) is 4.53. The van der Waals surface area contributed by atoms with Crippen LogP contribution in [0.3, 0.4) is 0 Å². The summed E-state index contributed by atoms with van der Waals surface area (Å²) in [6.45, 7) is 2.46. The molecule has 2 aromatic heterocycles. The number of aromatic nitrogens is 3. The van der Waals surface area contributed by atoms with Gasteiger partial charge in [0.25, 0.3) is 5.91 Å². The molecule has 2 fully saturated rings. The first kappa shape index (κ1) is 20.7. The van der Waals surface area contributed by atoms with Crippen molar-refractivity contribution in [1.29, 1.82) is 0 Å². The number of nitrogens with two attached hydrogens (primary N) is 1. The van der Waals surface area contributed by atoms with Crippen LogP contribution in [0, 0.1) is 0 Å². The Morgan fingerprint density at radius 2 is 1.84 bits per heavy atom. The third-order valence-corrected chi connectivity index (χ3v) is 6.19. The third-order valence-electron chi connectivity index (χ3n) is 6.19. The Morgan fingerprint density at radius 1 is 1.09 bits per heavy atom. The molecule has 5 rings (SSSR count). The summed E-state index contributed by atoms with van der Waals surface area (Å²) in [5, 5.41) is 11.6. The number of hydrogen-bond acceptors (Lipinski definition) is 7. The number of hydrogen-bond donors (Lipinski definition) is 3. The molecule has 1 aromatic carbocycles. The van der Waals surface area contributed by atoms with Gasteiger partial charge in [-0.2, -0.15) is 0 Å². The van der Waals surface area contributed by atoms with Crippen molar-refractivity contribution in [2.75, 3.05) is 36.9 Å². The molecule has 2 aliphatic rings. The maximum atomic E-state index is 12.7. The number of carbonyl (C=O) groups excluding carboxylic acids is 1. The minimum atomic E-state index is 0.0399. The monoisotopic (exact) mass is 435 g/mol. The van der Waals surface area contributed by atoms with Crippen LogP contribution in [0.2, 0.25) is 0 Å². The van der Waals surface area contributed by atoms with Gasteiger partial charge in [0.05, 0.1) is 18.9 Å². The summed E-state index contributed by atoms with van der Waals surface area (Å²) in [6.07, 6.45) is 7.74. The van der Waals surface area contributed by atoms with E-state index in [4.69, 9.17) is 10.5 Å². The maximum absolute atomic E-state index is 12.7. The first-order valence-corrected chi connectivity index (χ1v) is 11.3. The zero-order valence-corrected chi connectivity index (χ0v) is 18.0.